The quantitative estimate of drug-likeness (QED) is 0.211. The Balaban J connectivity index is 4.58. The predicted molar refractivity (Wildman–Crippen MR) is 105 cm³/mol. The second kappa shape index (κ2) is 16.6. The number of hydrogen-bond donors (Lipinski definition) is 3. The summed E-state index contributed by atoms with van der Waals surface area (Å²) in [4.78, 5) is 38.6. The topological polar surface area (TPSA) is 117 Å². The SMILES string of the molecule is CNC(=O)CCN(CCNCCN)CCN(CCC(C)=O)CCC(=O)OC. The van der Waals surface area contributed by atoms with Crippen LogP contribution in [0.15, 0.2) is 0 Å². The molecule has 0 aromatic rings. The Morgan fingerprint density at radius 2 is 1.48 bits per heavy atom. The van der Waals surface area contributed by atoms with Crippen molar-refractivity contribution in [1.82, 2.24) is 20.4 Å². The molecule has 0 bridgehead atoms. The summed E-state index contributed by atoms with van der Waals surface area (Å²) in [6.45, 7) is 7.79. The average molecular weight is 388 g/mol. The van der Waals surface area contributed by atoms with E-state index in [2.05, 4.69) is 20.4 Å². The standard InChI is InChI=1S/C18H37N5O4/c1-16(24)4-10-22(12-6-18(26)27-3)14-15-23(11-5-17(25)20-2)13-9-21-8-7-19/h21H,4-15,19H2,1-3H3,(H,20,25). The van der Waals surface area contributed by atoms with Crippen LogP contribution in [0, 0.1) is 0 Å². The Morgan fingerprint density at radius 3 is 2.04 bits per heavy atom. The highest BCUT2D eigenvalue weighted by atomic mass is 16.5. The third-order valence-corrected chi connectivity index (χ3v) is 4.23. The molecule has 0 aliphatic carbocycles. The number of ketones is 1. The maximum absolute atomic E-state index is 11.5. The van der Waals surface area contributed by atoms with E-state index in [0.29, 0.717) is 45.4 Å². The molecule has 1 amide bonds. The fraction of sp³-hybridized carbons (Fsp3) is 0.833. The molecule has 9 heteroatoms. The van der Waals surface area contributed by atoms with Crippen molar-refractivity contribution in [3.05, 3.63) is 0 Å². The summed E-state index contributed by atoms with van der Waals surface area (Å²) in [6, 6.07) is 0. The molecule has 0 aromatic carbocycles. The van der Waals surface area contributed by atoms with Gasteiger partial charge in [-0.1, -0.05) is 0 Å². The molecule has 0 saturated carbocycles. The highest BCUT2D eigenvalue weighted by Crippen LogP contribution is 2.00. The van der Waals surface area contributed by atoms with Crippen LogP contribution in [0.5, 0.6) is 0 Å². The number of hydrogen-bond acceptors (Lipinski definition) is 8. The van der Waals surface area contributed by atoms with Gasteiger partial charge in [0, 0.05) is 78.8 Å². The average Bonchev–Trinajstić information content (AvgIpc) is 2.66. The van der Waals surface area contributed by atoms with Crippen molar-refractivity contribution in [3.8, 4) is 0 Å². The zero-order valence-electron chi connectivity index (χ0n) is 17.1. The minimum atomic E-state index is -0.259. The number of methoxy groups -OCH3 is 1. The number of rotatable bonds is 17. The normalized spacial score (nSPS) is 11.0. The van der Waals surface area contributed by atoms with Gasteiger partial charge in [0.25, 0.3) is 0 Å². The molecule has 0 aliphatic rings. The first kappa shape index (κ1) is 25.4. The smallest absolute Gasteiger partial charge is 0.306 e. The number of amides is 1. The van der Waals surface area contributed by atoms with E-state index >= 15 is 0 Å². The summed E-state index contributed by atoms with van der Waals surface area (Å²) in [5, 5.41) is 5.89. The first-order chi connectivity index (χ1) is 12.9. The van der Waals surface area contributed by atoms with Gasteiger partial charge in [0.2, 0.25) is 5.91 Å². The largest absolute Gasteiger partial charge is 0.469 e. The minimum Gasteiger partial charge on any atom is -0.469 e. The van der Waals surface area contributed by atoms with Crippen LogP contribution in [-0.4, -0.2) is 101 Å². The van der Waals surface area contributed by atoms with E-state index < -0.39 is 0 Å². The van der Waals surface area contributed by atoms with E-state index in [-0.39, 0.29) is 17.7 Å². The van der Waals surface area contributed by atoms with E-state index in [0.717, 1.165) is 32.7 Å². The lowest BCUT2D eigenvalue weighted by molar-refractivity contribution is -0.141. The van der Waals surface area contributed by atoms with Crippen LogP contribution >= 0.6 is 0 Å². The van der Waals surface area contributed by atoms with Crippen LogP contribution in [0.3, 0.4) is 0 Å². The number of nitrogens with one attached hydrogen (secondary N) is 2. The van der Waals surface area contributed by atoms with Gasteiger partial charge >= 0.3 is 5.97 Å². The van der Waals surface area contributed by atoms with E-state index in [9.17, 15) is 14.4 Å². The van der Waals surface area contributed by atoms with Crippen LogP contribution in [0.1, 0.15) is 26.2 Å². The lowest BCUT2D eigenvalue weighted by Crippen LogP contribution is -2.41. The van der Waals surface area contributed by atoms with Crippen molar-refractivity contribution >= 4 is 17.7 Å². The number of carbonyl (C=O) groups excluding carboxylic acids is 3. The number of esters is 1. The molecular weight excluding hydrogens is 350 g/mol. The van der Waals surface area contributed by atoms with Crippen LogP contribution in [-0.2, 0) is 19.1 Å². The van der Waals surface area contributed by atoms with Crippen molar-refractivity contribution in [2.24, 2.45) is 5.73 Å². The molecule has 0 rings (SSSR count). The Hall–Kier alpha value is -1.55. The van der Waals surface area contributed by atoms with Gasteiger partial charge in [-0.25, -0.2) is 0 Å². The Bertz CT molecular complexity index is 434. The molecular formula is C18H37N5O4. The van der Waals surface area contributed by atoms with E-state index in [4.69, 9.17) is 10.5 Å². The van der Waals surface area contributed by atoms with Gasteiger partial charge in [0.1, 0.15) is 5.78 Å². The van der Waals surface area contributed by atoms with Crippen molar-refractivity contribution in [2.75, 3.05) is 73.1 Å². The monoisotopic (exact) mass is 387 g/mol. The lowest BCUT2D eigenvalue weighted by atomic mass is 10.2. The van der Waals surface area contributed by atoms with Gasteiger partial charge in [-0.05, 0) is 6.92 Å². The number of nitrogens with two attached hydrogens (primary N) is 1. The number of Topliss-reactive ketones (excluding diaryl/α,β-unsaturated/α-hetero) is 1. The van der Waals surface area contributed by atoms with Crippen molar-refractivity contribution in [3.63, 3.8) is 0 Å². The molecule has 4 N–H and O–H groups in total. The number of ether oxygens (including phenoxy) is 1. The first-order valence-corrected chi connectivity index (χ1v) is 9.55. The van der Waals surface area contributed by atoms with Gasteiger partial charge in [-0.15, -0.1) is 0 Å². The molecule has 0 heterocycles. The molecule has 158 valence electrons. The summed E-state index contributed by atoms with van der Waals surface area (Å²) >= 11 is 0. The van der Waals surface area contributed by atoms with Crippen LogP contribution < -0.4 is 16.4 Å². The van der Waals surface area contributed by atoms with Crippen molar-refractivity contribution < 1.29 is 19.1 Å². The molecule has 27 heavy (non-hydrogen) atoms. The van der Waals surface area contributed by atoms with Gasteiger partial charge in [-0.3, -0.25) is 14.4 Å². The number of nitrogens with zero attached hydrogens (tertiary/aromatic N) is 2. The Morgan fingerprint density at radius 1 is 0.889 bits per heavy atom. The third kappa shape index (κ3) is 15.2. The Labute approximate surface area is 163 Å². The summed E-state index contributed by atoms with van der Waals surface area (Å²) in [7, 11) is 3.00. The fourth-order valence-electron chi connectivity index (χ4n) is 2.47. The van der Waals surface area contributed by atoms with Crippen LogP contribution in [0.2, 0.25) is 0 Å². The van der Waals surface area contributed by atoms with Crippen LogP contribution in [0.25, 0.3) is 0 Å². The van der Waals surface area contributed by atoms with Gasteiger partial charge < -0.3 is 30.9 Å². The summed E-state index contributed by atoms with van der Waals surface area (Å²) in [5.41, 5.74) is 5.49. The highest BCUT2D eigenvalue weighted by molar-refractivity contribution is 5.76. The molecule has 0 unspecified atom stereocenters. The zero-order valence-corrected chi connectivity index (χ0v) is 17.1. The van der Waals surface area contributed by atoms with E-state index in [1.165, 1.54) is 7.11 Å². The molecule has 0 atom stereocenters. The summed E-state index contributed by atoms with van der Waals surface area (Å²) < 4.78 is 4.70. The predicted octanol–water partition coefficient (Wildman–Crippen LogP) is -1.18. The molecule has 0 radical (unpaired) electrons. The van der Waals surface area contributed by atoms with Crippen molar-refractivity contribution in [1.29, 1.82) is 0 Å². The minimum absolute atomic E-state index is 0.00837. The molecule has 0 saturated heterocycles. The molecule has 0 fully saturated rings. The van der Waals surface area contributed by atoms with Crippen molar-refractivity contribution in [2.45, 2.75) is 26.2 Å². The second-order valence-corrected chi connectivity index (χ2v) is 6.42. The maximum Gasteiger partial charge on any atom is 0.306 e. The first-order valence-electron chi connectivity index (χ1n) is 9.55. The van der Waals surface area contributed by atoms with Gasteiger partial charge in [-0.2, -0.15) is 0 Å². The second-order valence-electron chi connectivity index (χ2n) is 6.42. The molecule has 0 aliphatic heterocycles. The third-order valence-electron chi connectivity index (χ3n) is 4.23. The van der Waals surface area contributed by atoms with Gasteiger partial charge in [0.05, 0.1) is 13.5 Å². The Kier molecular flexibility index (Phi) is 15.7. The molecule has 9 nitrogen and oxygen atoms in total. The molecule has 0 aromatic heterocycles. The zero-order chi connectivity index (χ0) is 20.5. The van der Waals surface area contributed by atoms with E-state index in [1.807, 2.05) is 0 Å². The van der Waals surface area contributed by atoms with E-state index in [1.54, 1.807) is 14.0 Å². The maximum atomic E-state index is 11.5. The van der Waals surface area contributed by atoms with Gasteiger partial charge in [0.15, 0.2) is 0 Å². The summed E-state index contributed by atoms with van der Waals surface area (Å²) in [6.07, 6.45) is 1.19. The number of carbonyl (C=O) groups is 3. The summed E-state index contributed by atoms with van der Waals surface area (Å²) in [5.74, 6) is -0.125. The van der Waals surface area contributed by atoms with Crippen LogP contribution in [0.4, 0.5) is 0 Å². The fourth-order valence-corrected chi connectivity index (χ4v) is 2.47. The lowest BCUT2D eigenvalue weighted by Gasteiger charge is -2.27. The molecule has 0 spiro atoms. The highest BCUT2D eigenvalue weighted by Gasteiger charge is 2.13.